The molecule has 0 spiro atoms. The summed E-state index contributed by atoms with van der Waals surface area (Å²) in [5, 5.41) is 5.86. The Balaban J connectivity index is 1.49. The zero-order valence-electron chi connectivity index (χ0n) is 14.1. The van der Waals surface area contributed by atoms with E-state index in [0.29, 0.717) is 11.3 Å². The first kappa shape index (κ1) is 17.1. The van der Waals surface area contributed by atoms with E-state index in [1.165, 1.54) is 12.1 Å². The molecule has 0 radical (unpaired) electrons. The third-order valence-electron chi connectivity index (χ3n) is 4.66. The van der Waals surface area contributed by atoms with Gasteiger partial charge in [-0.3, -0.25) is 9.59 Å². The molecule has 4 nitrogen and oxygen atoms in total. The number of anilines is 1. The average molecular weight is 370 g/mol. The van der Waals surface area contributed by atoms with Gasteiger partial charge in [0.2, 0.25) is 5.91 Å². The maximum absolute atomic E-state index is 13.6. The molecule has 2 N–H and O–H groups in total. The van der Waals surface area contributed by atoms with Crippen LogP contribution in [0, 0.1) is 11.7 Å². The van der Waals surface area contributed by atoms with Crippen LogP contribution in [0.15, 0.2) is 47.4 Å². The van der Waals surface area contributed by atoms with Gasteiger partial charge < -0.3 is 10.6 Å². The van der Waals surface area contributed by atoms with Crippen molar-refractivity contribution in [2.24, 2.45) is 5.92 Å². The van der Waals surface area contributed by atoms with Crippen LogP contribution in [0.4, 0.5) is 10.1 Å². The van der Waals surface area contributed by atoms with E-state index in [-0.39, 0.29) is 29.6 Å². The van der Waals surface area contributed by atoms with Crippen molar-refractivity contribution >= 4 is 29.3 Å². The van der Waals surface area contributed by atoms with Crippen molar-refractivity contribution in [2.75, 3.05) is 11.1 Å². The number of benzene rings is 2. The fraction of sp³-hybridized carbons (Fsp3) is 0.300. The van der Waals surface area contributed by atoms with Gasteiger partial charge in [-0.2, -0.15) is 0 Å². The first-order valence-electron chi connectivity index (χ1n) is 8.74. The quantitative estimate of drug-likeness (QED) is 0.850. The fourth-order valence-corrected chi connectivity index (χ4v) is 4.19. The maximum atomic E-state index is 13.6. The summed E-state index contributed by atoms with van der Waals surface area (Å²) in [5.41, 5.74) is 1.93. The first-order valence-corrected chi connectivity index (χ1v) is 9.73. The molecular formula is C20H19FN2O2S. The lowest BCUT2D eigenvalue weighted by atomic mass is 10.0. The molecule has 1 aliphatic heterocycles. The number of carbonyl (C=O) groups is 2. The fourth-order valence-electron chi connectivity index (χ4n) is 3.08. The number of halogens is 1. The Morgan fingerprint density at radius 1 is 1.08 bits per heavy atom. The molecule has 1 unspecified atom stereocenters. The predicted octanol–water partition coefficient (Wildman–Crippen LogP) is 4.14. The molecule has 2 aliphatic rings. The number of rotatable bonds is 4. The molecule has 2 aromatic rings. The highest BCUT2D eigenvalue weighted by Crippen LogP contribution is 2.36. The summed E-state index contributed by atoms with van der Waals surface area (Å²) in [7, 11) is 0. The van der Waals surface area contributed by atoms with Crippen LogP contribution in [-0.4, -0.2) is 17.6 Å². The van der Waals surface area contributed by atoms with E-state index in [9.17, 15) is 14.0 Å². The van der Waals surface area contributed by atoms with Crippen molar-refractivity contribution in [1.29, 1.82) is 0 Å². The predicted molar refractivity (Wildman–Crippen MR) is 99.7 cm³/mol. The number of carbonyl (C=O) groups excluding carboxylic acids is 2. The summed E-state index contributed by atoms with van der Waals surface area (Å²) in [6.45, 7) is 0. The molecule has 26 heavy (non-hydrogen) atoms. The summed E-state index contributed by atoms with van der Waals surface area (Å²) in [5.74, 6) is 0.478. The average Bonchev–Trinajstić information content (AvgIpc) is 3.48. The molecule has 0 bridgehead atoms. The third-order valence-corrected chi connectivity index (χ3v) is 5.78. The molecule has 0 saturated heterocycles. The van der Waals surface area contributed by atoms with Gasteiger partial charge >= 0.3 is 0 Å². The molecular weight excluding hydrogens is 351 g/mol. The highest BCUT2D eigenvalue weighted by atomic mass is 32.2. The van der Waals surface area contributed by atoms with Crippen LogP contribution in [0.2, 0.25) is 0 Å². The van der Waals surface area contributed by atoms with Crippen LogP contribution in [-0.2, 0) is 4.79 Å². The van der Waals surface area contributed by atoms with Gasteiger partial charge in [0.15, 0.2) is 0 Å². The van der Waals surface area contributed by atoms with Gasteiger partial charge in [-0.25, -0.2) is 4.39 Å². The van der Waals surface area contributed by atoms with Gasteiger partial charge in [0.1, 0.15) is 5.82 Å². The molecule has 1 fully saturated rings. The van der Waals surface area contributed by atoms with Gasteiger partial charge in [0.25, 0.3) is 5.91 Å². The van der Waals surface area contributed by atoms with Crippen LogP contribution in [0.1, 0.15) is 41.2 Å². The second-order valence-corrected chi connectivity index (χ2v) is 7.83. The lowest BCUT2D eigenvalue weighted by Gasteiger charge is -2.26. The third kappa shape index (κ3) is 3.75. The zero-order valence-corrected chi connectivity index (χ0v) is 14.9. The van der Waals surface area contributed by atoms with E-state index in [0.717, 1.165) is 35.5 Å². The Morgan fingerprint density at radius 3 is 2.73 bits per heavy atom. The molecule has 1 aliphatic carbocycles. The van der Waals surface area contributed by atoms with E-state index in [1.807, 2.05) is 0 Å². The van der Waals surface area contributed by atoms with Crippen LogP contribution in [0.25, 0.3) is 0 Å². The van der Waals surface area contributed by atoms with E-state index in [2.05, 4.69) is 10.6 Å². The maximum Gasteiger partial charge on any atom is 0.251 e. The Morgan fingerprint density at radius 2 is 1.92 bits per heavy atom. The minimum absolute atomic E-state index is 0.0104. The van der Waals surface area contributed by atoms with E-state index >= 15 is 0 Å². The number of fused-ring (bicyclic) bond motifs is 1. The molecule has 2 aromatic carbocycles. The van der Waals surface area contributed by atoms with Crippen molar-refractivity contribution in [2.45, 2.75) is 30.2 Å². The molecule has 6 heteroatoms. The summed E-state index contributed by atoms with van der Waals surface area (Å²) in [6.07, 6.45) is 2.62. The van der Waals surface area contributed by atoms with Gasteiger partial charge in [0, 0.05) is 27.8 Å². The lowest BCUT2D eigenvalue weighted by Crippen LogP contribution is -2.30. The Bertz CT molecular complexity index is 867. The van der Waals surface area contributed by atoms with Gasteiger partial charge in [0.05, 0.1) is 6.04 Å². The number of thioether (sulfide) groups is 1. The highest BCUT2D eigenvalue weighted by Gasteiger charge is 2.29. The molecule has 2 amide bonds. The summed E-state index contributed by atoms with van der Waals surface area (Å²) < 4.78 is 13.6. The monoisotopic (exact) mass is 370 g/mol. The smallest absolute Gasteiger partial charge is 0.251 e. The van der Waals surface area contributed by atoms with Crippen molar-refractivity contribution in [3.05, 3.63) is 59.4 Å². The van der Waals surface area contributed by atoms with Crippen LogP contribution >= 0.6 is 11.8 Å². The zero-order chi connectivity index (χ0) is 18.1. The number of hydrogen-bond donors (Lipinski definition) is 2. The van der Waals surface area contributed by atoms with Crippen LogP contribution < -0.4 is 10.6 Å². The van der Waals surface area contributed by atoms with Crippen molar-refractivity contribution in [1.82, 2.24) is 5.32 Å². The number of nitrogens with one attached hydrogen (secondary N) is 2. The Kier molecular flexibility index (Phi) is 4.68. The van der Waals surface area contributed by atoms with Crippen molar-refractivity contribution in [3.63, 3.8) is 0 Å². The lowest BCUT2D eigenvalue weighted by molar-refractivity contribution is -0.117. The molecule has 134 valence electrons. The second-order valence-electron chi connectivity index (χ2n) is 6.69. The minimum Gasteiger partial charge on any atom is -0.345 e. The van der Waals surface area contributed by atoms with E-state index < -0.39 is 0 Å². The standard InChI is InChI=1S/C20H19FN2O2S/c21-14-6-7-18-16(11-14)17(8-9-26-18)23-20(25)13-2-1-3-15(10-13)22-19(24)12-4-5-12/h1-3,6-7,10-12,17H,4-5,8-9H2,(H,22,24)(H,23,25). The minimum atomic E-state index is -0.296. The van der Waals surface area contributed by atoms with Crippen LogP contribution in [0.3, 0.4) is 0 Å². The number of amides is 2. The van der Waals surface area contributed by atoms with E-state index in [4.69, 9.17) is 0 Å². The summed E-state index contributed by atoms with van der Waals surface area (Å²) >= 11 is 1.68. The number of hydrogen-bond acceptors (Lipinski definition) is 3. The molecule has 1 heterocycles. The molecule has 4 rings (SSSR count). The van der Waals surface area contributed by atoms with Crippen molar-refractivity contribution in [3.8, 4) is 0 Å². The van der Waals surface area contributed by atoms with Crippen molar-refractivity contribution < 1.29 is 14.0 Å². The molecule has 0 aromatic heterocycles. The SMILES string of the molecule is O=C(NC1CCSc2ccc(F)cc21)c1cccc(NC(=O)C2CC2)c1. The molecule has 1 atom stereocenters. The normalized spacial score (nSPS) is 18.7. The van der Waals surface area contributed by atoms with E-state index in [1.54, 1.807) is 42.1 Å². The topological polar surface area (TPSA) is 58.2 Å². The Hall–Kier alpha value is -2.34. The summed E-state index contributed by atoms with van der Waals surface area (Å²) in [4.78, 5) is 25.6. The molecule has 1 saturated carbocycles. The van der Waals surface area contributed by atoms with Crippen LogP contribution in [0.5, 0.6) is 0 Å². The highest BCUT2D eigenvalue weighted by molar-refractivity contribution is 7.99. The first-order chi connectivity index (χ1) is 12.6. The summed E-state index contributed by atoms with van der Waals surface area (Å²) in [6, 6.07) is 11.4. The Labute approximate surface area is 155 Å². The second kappa shape index (κ2) is 7.11. The van der Waals surface area contributed by atoms with Gasteiger partial charge in [-0.05, 0) is 61.2 Å². The van der Waals surface area contributed by atoms with Gasteiger partial charge in [-0.1, -0.05) is 6.07 Å². The van der Waals surface area contributed by atoms with Gasteiger partial charge in [-0.15, -0.1) is 11.8 Å². The largest absolute Gasteiger partial charge is 0.345 e.